The van der Waals surface area contributed by atoms with E-state index in [2.05, 4.69) is 4.98 Å². The van der Waals surface area contributed by atoms with E-state index in [0.717, 1.165) is 21.9 Å². The Balaban J connectivity index is 2.29. The van der Waals surface area contributed by atoms with Crippen molar-refractivity contribution in [1.29, 1.82) is 0 Å². The number of nitro groups is 1. The van der Waals surface area contributed by atoms with E-state index in [0.29, 0.717) is 5.56 Å². The molecule has 104 valence electrons. The van der Waals surface area contributed by atoms with Crippen LogP contribution in [0.1, 0.15) is 5.56 Å². The number of aromatic nitrogens is 1. The summed E-state index contributed by atoms with van der Waals surface area (Å²) in [6.45, 7) is 2.04. The van der Waals surface area contributed by atoms with Crippen molar-refractivity contribution in [3.05, 3.63) is 69.5 Å². The van der Waals surface area contributed by atoms with Crippen LogP contribution in [0.15, 0.2) is 48.7 Å². The zero-order valence-electron chi connectivity index (χ0n) is 11.2. The van der Waals surface area contributed by atoms with Crippen LogP contribution in [0.5, 0.6) is 0 Å². The van der Waals surface area contributed by atoms with Gasteiger partial charge in [-0.05, 0) is 28.8 Å². The fourth-order valence-corrected chi connectivity index (χ4v) is 2.59. The summed E-state index contributed by atoms with van der Waals surface area (Å²) in [5.41, 5.74) is 2.57. The maximum atomic E-state index is 11.0. The molecule has 0 amide bonds. The van der Waals surface area contributed by atoms with Gasteiger partial charge in [-0.2, -0.15) is 0 Å². The highest BCUT2D eigenvalue weighted by molar-refractivity contribution is 6.31. The first-order valence-electron chi connectivity index (χ1n) is 6.36. The minimum atomic E-state index is -0.519. The Morgan fingerprint density at radius 2 is 1.86 bits per heavy atom. The van der Waals surface area contributed by atoms with Gasteiger partial charge in [-0.1, -0.05) is 48.0 Å². The third-order valence-corrected chi connectivity index (χ3v) is 3.76. The molecule has 0 radical (unpaired) electrons. The van der Waals surface area contributed by atoms with Gasteiger partial charge in [0.15, 0.2) is 0 Å². The molecule has 2 aromatic carbocycles. The summed E-state index contributed by atoms with van der Waals surface area (Å²) in [6, 6.07) is 13.4. The summed E-state index contributed by atoms with van der Waals surface area (Å²) in [5, 5.41) is 13.1. The van der Waals surface area contributed by atoms with E-state index in [-0.39, 0.29) is 10.8 Å². The maximum absolute atomic E-state index is 11.0. The van der Waals surface area contributed by atoms with E-state index in [1.165, 1.54) is 6.07 Å². The number of hydrogen-bond donors (Lipinski definition) is 0. The minimum absolute atomic E-state index is 0.0971. The summed E-state index contributed by atoms with van der Waals surface area (Å²) in [7, 11) is 0. The Morgan fingerprint density at radius 3 is 2.57 bits per heavy atom. The lowest BCUT2D eigenvalue weighted by Crippen LogP contribution is -1.93. The van der Waals surface area contributed by atoms with E-state index in [4.69, 9.17) is 11.6 Å². The molecule has 0 spiro atoms. The third kappa shape index (κ3) is 2.34. The van der Waals surface area contributed by atoms with Gasteiger partial charge in [0, 0.05) is 17.8 Å². The molecule has 5 heteroatoms. The first-order chi connectivity index (χ1) is 10.1. The van der Waals surface area contributed by atoms with Crippen molar-refractivity contribution in [2.24, 2.45) is 0 Å². The average Bonchev–Trinajstić information content (AvgIpc) is 2.48. The number of aryl methyl sites for hydroxylation is 1. The number of fused-ring (bicyclic) bond motifs is 1. The molecule has 3 aromatic rings. The fraction of sp³-hybridized carbons (Fsp3) is 0.0625. The number of rotatable bonds is 2. The lowest BCUT2D eigenvalue weighted by Gasteiger charge is -2.09. The molecule has 0 fully saturated rings. The molecular weight excluding hydrogens is 288 g/mol. The van der Waals surface area contributed by atoms with Crippen molar-refractivity contribution in [2.45, 2.75) is 6.92 Å². The van der Waals surface area contributed by atoms with Gasteiger partial charge in [0.25, 0.3) is 0 Å². The lowest BCUT2D eigenvalue weighted by molar-refractivity contribution is -0.385. The molecule has 1 aromatic heterocycles. The van der Waals surface area contributed by atoms with Crippen molar-refractivity contribution in [1.82, 2.24) is 4.98 Å². The number of halogens is 1. The minimum Gasteiger partial charge on any atom is -0.258 e. The first-order valence-corrected chi connectivity index (χ1v) is 6.74. The summed E-state index contributed by atoms with van der Waals surface area (Å²) in [6.07, 6.45) is 1.56. The van der Waals surface area contributed by atoms with E-state index >= 15 is 0 Å². The van der Waals surface area contributed by atoms with E-state index in [9.17, 15) is 10.1 Å². The van der Waals surface area contributed by atoms with Gasteiger partial charge in [0.1, 0.15) is 0 Å². The van der Waals surface area contributed by atoms with E-state index in [1.807, 2.05) is 43.3 Å². The Kier molecular flexibility index (Phi) is 3.31. The molecule has 0 saturated carbocycles. The predicted molar refractivity (Wildman–Crippen MR) is 83.6 cm³/mol. The normalized spacial score (nSPS) is 10.8. The summed E-state index contributed by atoms with van der Waals surface area (Å²) in [5.74, 6) is 0. The third-order valence-electron chi connectivity index (χ3n) is 3.47. The molecule has 0 aliphatic carbocycles. The standard InChI is InChI=1S/C16H11ClN2O2/c1-10-6-7-13(14-5-3-2-4-12(10)14)11-8-15(19(20)21)16(17)18-9-11/h2-9H,1H3. The molecule has 0 N–H and O–H groups in total. The van der Waals surface area contributed by atoms with Gasteiger partial charge in [-0.15, -0.1) is 0 Å². The van der Waals surface area contributed by atoms with Crippen LogP contribution < -0.4 is 0 Å². The van der Waals surface area contributed by atoms with Crippen molar-refractivity contribution in [2.75, 3.05) is 0 Å². The maximum Gasteiger partial charge on any atom is 0.307 e. The molecule has 0 aliphatic heterocycles. The van der Waals surface area contributed by atoms with Crippen molar-refractivity contribution in [3.63, 3.8) is 0 Å². The predicted octanol–water partition coefficient (Wildman–Crippen LogP) is 4.77. The Hall–Kier alpha value is -2.46. The van der Waals surface area contributed by atoms with E-state index in [1.54, 1.807) is 6.20 Å². The molecule has 0 unspecified atom stereocenters. The highest BCUT2D eigenvalue weighted by Gasteiger charge is 2.16. The topological polar surface area (TPSA) is 56.0 Å². The van der Waals surface area contributed by atoms with Crippen LogP contribution in [0, 0.1) is 17.0 Å². The second-order valence-electron chi connectivity index (χ2n) is 4.77. The first kappa shape index (κ1) is 13.5. The van der Waals surface area contributed by atoms with Crippen molar-refractivity contribution >= 4 is 28.1 Å². The molecule has 1 heterocycles. The molecule has 0 bridgehead atoms. The van der Waals surface area contributed by atoms with Gasteiger partial charge in [-0.3, -0.25) is 10.1 Å². The van der Waals surface area contributed by atoms with Crippen LogP contribution in [0.25, 0.3) is 21.9 Å². The van der Waals surface area contributed by atoms with Crippen LogP contribution in [0.2, 0.25) is 5.15 Å². The zero-order valence-corrected chi connectivity index (χ0v) is 12.0. The number of nitrogens with zero attached hydrogens (tertiary/aromatic N) is 2. The summed E-state index contributed by atoms with van der Waals surface area (Å²) < 4.78 is 0. The molecular formula is C16H11ClN2O2. The van der Waals surface area contributed by atoms with E-state index < -0.39 is 4.92 Å². The van der Waals surface area contributed by atoms with Gasteiger partial charge in [0.05, 0.1) is 4.92 Å². The van der Waals surface area contributed by atoms with Gasteiger partial charge in [-0.25, -0.2) is 4.98 Å². The van der Waals surface area contributed by atoms with Gasteiger partial charge >= 0.3 is 5.69 Å². The van der Waals surface area contributed by atoms with Crippen LogP contribution in [-0.2, 0) is 0 Å². The molecule has 21 heavy (non-hydrogen) atoms. The largest absolute Gasteiger partial charge is 0.307 e. The number of pyridine rings is 1. The average molecular weight is 299 g/mol. The molecule has 0 aliphatic rings. The Bertz CT molecular complexity index is 862. The SMILES string of the molecule is Cc1ccc(-c2cnc(Cl)c([N+](=O)[O-])c2)c2ccccc12. The molecule has 4 nitrogen and oxygen atoms in total. The number of benzene rings is 2. The quantitative estimate of drug-likeness (QED) is 0.389. The molecule has 0 saturated heterocycles. The second kappa shape index (κ2) is 5.14. The van der Waals surface area contributed by atoms with Crippen LogP contribution in [0.4, 0.5) is 5.69 Å². The smallest absolute Gasteiger partial charge is 0.258 e. The van der Waals surface area contributed by atoms with Crippen LogP contribution in [0.3, 0.4) is 0 Å². The Labute approximate surface area is 126 Å². The summed E-state index contributed by atoms with van der Waals surface area (Å²) >= 11 is 5.77. The Morgan fingerprint density at radius 1 is 1.14 bits per heavy atom. The summed E-state index contributed by atoms with van der Waals surface area (Å²) in [4.78, 5) is 14.4. The fourth-order valence-electron chi connectivity index (χ4n) is 2.41. The monoisotopic (exact) mass is 298 g/mol. The van der Waals surface area contributed by atoms with Gasteiger partial charge < -0.3 is 0 Å². The molecule has 3 rings (SSSR count). The highest BCUT2D eigenvalue weighted by atomic mass is 35.5. The van der Waals surface area contributed by atoms with Crippen molar-refractivity contribution < 1.29 is 4.92 Å². The highest BCUT2D eigenvalue weighted by Crippen LogP contribution is 2.33. The second-order valence-corrected chi connectivity index (χ2v) is 5.12. The van der Waals surface area contributed by atoms with Crippen LogP contribution >= 0.6 is 11.6 Å². The van der Waals surface area contributed by atoms with Crippen LogP contribution in [-0.4, -0.2) is 9.91 Å². The lowest BCUT2D eigenvalue weighted by atomic mass is 9.96. The van der Waals surface area contributed by atoms with Crippen molar-refractivity contribution in [3.8, 4) is 11.1 Å². The number of hydrogen-bond acceptors (Lipinski definition) is 3. The zero-order chi connectivity index (χ0) is 15.0. The van der Waals surface area contributed by atoms with Gasteiger partial charge in [0.2, 0.25) is 5.15 Å². The molecule has 0 atom stereocenters.